The van der Waals surface area contributed by atoms with Crippen LogP contribution in [0.2, 0.25) is 0 Å². The molecule has 0 unspecified atom stereocenters. The molecule has 0 spiro atoms. The second-order valence-corrected chi connectivity index (χ2v) is 8.32. The standard InChI is InChI=1S/C20H23N5O2S/c1-12-5-6-15-23-18-16(19(26)25(15)9-7-12)13(2)17(28-18)24-20(27)22-11-14-4-3-8-21-10-14/h3-4,8,10,12H,5-7,9,11H2,1-2H3,(H2,22,24,27)/t12-/m0/s1. The van der Waals surface area contributed by atoms with E-state index in [0.29, 0.717) is 34.2 Å². The van der Waals surface area contributed by atoms with Crippen molar-refractivity contribution < 1.29 is 4.79 Å². The van der Waals surface area contributed by atoms with E-state index in [0.717, 1.165) is 36.2 Å². The molecule has 0 saturated carbocycles. The Labute approximate surface area is 166 Å². The Balaban J connectivity index is 1.57. The Morgan fingerprint density at radius 1 is 1.39 bits per heavy atom. The molecule has 146 valence electrons. The van der Waals surface area contributed by atoms with Crippen molar-refractivity contribution in [2.75, 3.05) is 5.32 Å². The monoisotopic (exact) mass is 397 g/mol. The molecule has 0 bridgehead atoms. The summed E-state index contributed by atoms with van der Waals surface area (Å²) in [6.07, 6.45) is 6.26. The SMILES string of the molecule is Cc1c(NC(=O)NCc2cccnc2)sc2nc3n(c(=O)c12)CC[C@@H](C)CC3. The second kappa shape index (κ2) is 7.71. The molecule has 7 nitrogen and oxygen atoms in total. The van der Waals surface area contributed by atoms with E-state index in [-0.39, 0.29) is 11.6 Å². The number of aromatic nitrogens is 3. The van der Waals surface area contributed by atoms with Crippen molar-refractivity contribution in [1.82, 2.24) is 19.9 Å². The van der Waals surface area contributed by atoms with E-state index in [4.69, 9.17) is 4.98 Å². The number of nitrogens with one attached hydrogen (secondary N) is 2. The van der Waals surface area contributed by atoms with Crippen LogP contribution in [0.4, 0.5) is 9.80 Å². The number of fused-ring (bicyclic) bond motifs is 2. The van der Waals surface area contributed by atoms with Crippen molar-refractivity contribution in [2.24, 2.45) is 5.92 Å². The fraction of sp³-hybridized carbons (Fsp3) is 0.400. The van der Waals surface area contributed by atoms with Crippen molar-refractivity contribution in [3.05, 3.63) is 51.8 Å². The highest BCUT2D eigenvalue weighted by Gasteiger charge is 2.21. The van der Waals surface area contributed by atoms with Crippen LogP contribution in [0.25, 0.3) is 10.2 Å². The number of pyridine rings is 1. The smallest absolute Gasteiger partial charge is 0.320 e. The Bertz CT molecular complexity index is 1070. The number of hydrogen-bond donors (Lipinski definition) is 2. The van der Waals surface area contributed by atoms with Crippen LogP contribution in [-0.2, 0) is 19.5 Å². The van der Waals surface area contributed by atoms with E-state index in [1.54, 1.807) is 12.4 Å². The van der Waals surface area contributed by atoms with E-state index in [2.05, 4.69) is 22.5 Å². The second-order valence-electron chi connectivity index (χ2n) is 7.32. The molecule has 1 aliphatic heterocycles. The Morgan fingerprint density at radius 3 is 3.04 bits per heavy atom. The summed E-state index contributed by atoms with van der Waals surface area (Å²) in [4.78, 5) is 34.8. The number of hydrogen-bond acceptors (Lipinski definition) is 5. The Hall–Kier alpha value is -2.74. The maximum atomic E-state index is 13.1. The summed E-state index contributed by atoms with van der Waals surface area (Å²) < 4.78 is 1.82. The van der Waals surface area contributed by atoms with Gasteiger partial charge in [0, 0.05) is 31.9 Å². The quantitative estimate of drug-likeness (QED) is 0.708. The topological polar surface area (TPSA) is 88.9 Å². The fourth-order valence-electron chi connectivity index (χ4n) is 3.50. The molecule has 2 amide bonds. The highest BCUT2D eigenvalue weighted by Crippen LogP contribution is 2.32. The molecular weight excluding hydrogens is 374 g/mol. The minimum atomic E-state index is -0.311. The number of rotatable bonds is 3. The molecule has 4 rings (SSSR count). The van der Waals surface area contributed by atoms with Crippen molar-refractivity contribution in [3.63, 3.8) is 0 Å². The number of thiophene rings is 1. The van der Waals surface area contributed by atoms with Crippen molar-refractivity contribution in [1.29, 1.82) is 0 Å². The molecule has 0 aliphatic carbocycles. The summed E-state index contributed by atoms with van der Waals surface area (Å²) in [6, 6.07) is 3.42. The van der Waals surface area contributed by atoms with Gasteiger partial charge in [-0.1, -0.05) is 24.3 Å². The van der Waals surface area contributed by atoms with Crippen LogP contribution in [0.5, 0.6) is 0 Å². The van der Waals surface area contributed by atoms with Gasteiger partial charge in [0.15, 0.2) is 0 Å². The minimum absolute atomic E-state index is 0.00617. The van der Waals surface area contributed by atoms with Gasteiger partial charge in [0.05, 0.1) is 5.39 Å². The predicted molar refractivity (Wildman–Crippen MR) is 111 cm³/mol. The average molecular weight is 398 g/mol. The first-order chi connectivity index (χ1) is 13.5. The van der Waals surface area contributed by atoms with E-state index in [1.165, 1.54) is 11.3 Å². The summed E-state index contributed by atoms with van der Waals surface area (Å²) in [5.41, 5.74) is 1.71. The van der Waals surface area contributed by atoms with E-state index in [1.807, 2.05) is 23.6 Å². The van der Waals surface area contributed by atoms with E-state index in [9.17, 15) is 9.59 Å². The van der Waals surface area contributed by atoms with Gasteiger partial charge in [0.1, 0.15) is 15.7 Å². The number of nitrogens with zero attached hydrogens (tertiary/aromatic N) is 3. The lowest BCUT2D eigenvalue weighted by Crippen LogP contribution is -2.28. The van der Waals surface area contributed by atoms with Gasteiger partial charge in [-0.3, -0.25) is 19.7 Å². The highest BCUT2D eigenvalue weighted by molar-refractivity contribution is 7.22. The number of carbonyl (C=O) groups is 1. The number of urea groups is 1. The third kappa shape index (κ3) is 3.64. The Morgan fingerprint density at radius 2 is 2.25 bits per heavy atom. The molecule has 1 aliphatic rings. The van der Waals surface area contributed by atoms with Gasteiger partial charge in [0.2, 0.25) is 0 Å². The molecule has 1 atom stereocenters. The van der Waals surface area contributed by atoms with Crippen LogP contribution < -0.4 is 16.2 Å². The van der Waals surface area contributed by atoms with Crippen LogP contribution in [0.1, 0.15) is 36.7 Å². The van der Waals surface area contributed by atoms with E-state index >= 15 is 0 Å². The molecule has 0 saturated heterocycles. The van der Waals surface area contributed by atoms with Crippen LogP contribution >= 0.6 is 11.3 Å². The van der Waals surface area contributed by atoms with Gasteiger partial charge in [-0.25, -0.2) is 9.78 Å². The summed E-state index contributed by atoms with van der Waals surface area (Å²) in [5, 5.41) is 6.96. The fourth-order valence-corrected chi connectivity index (χ4v) is 4.59. The minimum Gasteiger partial charge on any atom is -0.334 e. The zero-order valence-electron chi connectivity index (χ0n) is 16.0. The number of amides is 2. The largest absolute Gasteiger partial charge is 0.334 e. The van der Waals surface area contributed by atoms with Crippen molar-refractivity contribution in [3.8, 4) is 0 Å². The van der Waals surface area contributed by atoms with Gasteiger partial charge >= 0.3 is 6.03 Å². The van der Waals surface area contributed by atoms with Crippen LogP contribution in [0, 0.1) is 12.8 Å². The molecule has 0 radical (unpaired) electrons. The first-order valence-electron chi connectivity index (χ1n) is 9.49. The van der Waals surface area contributed by atoms with Crippen LogP contribution in [-0.4, -0.2) is 20.6 Å². The van der Waals surface area contributed by atoms with Crippen molar-refractivity contribution in [2.45, 2.75) is 46.2 Å². The maximum absolute atomic E-state index is 13.1. The first-order valence-corrected chi connectivity index (χ1v) is 10.3. The number of anilines is 1. The Kier molecular flexibility index (Phi) is 5.13. The molecule has 3 aromatic heterocycles. The maximum Gasteiger partial charge on any atom is 0.320 e. The zero-order chi connectivity index (χ0) is 19.7. The van der Waals surface area contributed by atoms with Gasteiger partial charge in [-0.05, 0) is 42.9 Å². The normalized spacial score (nSPS) is 16.4. The van der Waals surface area contributed by atoms with Crippen molar-refractivity contribution >= 4 is 32.6 Å². The molecule has 0 fully saturated rings. The van der Waals surface area contributed by atoms with Gasteiger partial charge in [-0.15, -0.1) is 0 Å². The summed E-state index contributed by atoms with van der Waals surface area (Å²) in [6.45, 7) is 5.18. The molecule has 0 aromatic carbocycles. The molecule has 28 heavy (non-hydrogen) atoms. The third-order valence-corrected chi connectivity index (χ3v) is 6.34. The molecule has 3 aromatic rings. The molecular formula is C20H23N5O2S. The summed E-state index contributed by atoms with van der Waals surface area (Å²) in [7, 11) is 0. The van der Waals surface area contributed by atoms with Gasteiger partial charge in [0.25, 0.3) is 5.56 Å². The number of aryl methyl sites for hydroxylation is 2. The molecule has 2 N–H and O–H groups in total. The number of carbonyl (C=O) groups excluding carboxylic acids is 1. The average Bonchev–Trinajstić information content (AvgIpc) is 2.87. The third-order valence-electron chi connectivity index (χ3n) is 5.24. The van der Waals surface area contributed by atoms with Gasteiger partial charge < -0.3 is 5.32 Å². The molecule has 4 heterocycles. The van der Waals surface area contributed by atoms with Gasteiger partial charge in [-0.2, -0.15) is 0 Å². The summed E-state index contributed by atoms with van der Waals surface area (Å²) in [5.74, 6) is 1.46. The molecule has 8 heteroatoms. The lowest BCUT2D eigenvalue weighted by Gasteiger charge is -2.08. The predicted octanol–water partition coefficient (Wildman–Crippen LogP) is 3.46. The lowest BCUT2D eigenvalue weighted by molar-refractivity contribution is 0.252. The summed E-state index contributed by atoms with van der Waals surface area (Å²) >= 11 is 1.36. The van der Waals surface area contributed by atoms with E-state index < -0.39 is 0 Å². The van der Waals surface area contributed by atoms with Crippen LogP contribution in [0.3, 0.4) is 0 Å². The lowest BCUT2D eigenvalue weighted by atomic mass is 10.0. The highest BCUT2D eigenvalue weighted by atomic mass is 32.1. The van der Waals surface area contributed by atoms with Crippen LogP contribution in [0.15, 0.2) is 29.3 Å². The zero-order valence-corrected chi connectivity index (χ0v) is 16.8. The first kappa shape index (κ1) is 18.6.